The number of carbonyl (C=O) groups is 2. The fourth-order valence-corrected chi connectivity index (χ4v) is 2.20. The fourth-order valence-electron chi connectivity index (χ4n) is 2.20. The van der Waals surface area contributed by atoms with Gasteiger partial charge in [0, 0.05) is 31.5 Å². The van der Waals surface area contributed by atoms with Crippen molar-refractivity contribution < 1.29 is 14.3 Å². The van der Waals surface area contributed by atoms with Crippen LogP contribution in [0.3, 0.4) is 0 Å². The molecule has 7 nitrogen and oxygen atoms in total. The van der Waals surface area contributed by atoms with Crippen molar-refractivity contribution in [2.75, 3.05) is 6.54 Å². The van der Waals surface area contributed by atoms with Crippen molar-refractivity contribution in [2.45, 2.75) is 59.2 Å². The summed E-state index contributed by atoms with van der Waals surface area (Å²) in [6, 6.07) is 3.24. The number of hydrogen-bond acceptors (Lipinski definition) is 4. The Bertz CT molecular complexity index is 541. The van der Waals surface area contributed by atoms with Gasteiger partial charge in [0.25, 0.3) is 0 Å². The zero-order chi connectivity index (χ0) is 18.9. The molecule has 1 aromatic heterocycles. The van der Waals surface area contributed by atoms with Crippen molar-refractivity contribution in [1.29, 1.82) is 0 Å². The molecule has 0 unspecified atom stereocenters. The molecule has 0 aromatic carbocycles. The van der Waals surface area contributed by atoms with Crippen LogP contribution in [0.4, 0.5) is 9.59 Å². The van der Waals surface area contributed by atoms with Crippen LogP contribution in [0, 0.1) is 5.92 Å². The molecule has 0 radical (unpaired) electrons. The normalized spacial score (nSPS) is 12.4. The maximum absolute atomic E-state index is 12.1. The minimum absolute atomic E-state index is 0.176. The standard InChI is InChI=1S/C18H30N4O3/c1-13(2)10-15(12-21-17(24)25-18(3,4)5)22-16(23)20-11-14-6-8-19-9-7-14/h6-9,13,15H,10-12H2,1-5H3,(H,21,24)(H2,20,22,23)/t15-/m0/s1. The number of ether oxygens (including phenoxy) is 1. The summed E-state index contributed by atoms with van der Waals surface area (Å²) in [6.45, 7) is 10.3. The van der Waals surface area contributed by atoms with E-state index in [4.69, 9.17) is 4.74 Å². The lowest BCUT2D eigenvalue weighted by molar-refractivity contribution is 0.0521. The van der Waals surface area contributed by atoms with E-state index in [2.05, 4.69) is 34.8 Å². The highest BCUT2D eigenvalue weighted by Gasteiger charge is 2.19. The third-order valence-corrected chi connectivity index (χ3v) is 3.19. The van der Waals surface area contributed by atoms with Crippen molar-refractivity contribution in [3.63, 3.8) is 0 Å². The van der Waals surface area contributed by atoms with Gasteiger partial charge in [0.15, 0.2) is 0 Å². The molecule has 1 atom stereocenters. The van der Waals surface area contributed by atoms with Gasteiger partial charge >= 0.3 is 12.1 Å². The molecule has 0 saturated carbocycles. The minimum Gasteiger partial charge on any atom is -0.444 e. The summed E-state index contributed by atoms with van der Waals surface area (Å²) in [7, 11) is 0. The van der Waals surface area contributed by atoms with Gasteiger partial charge in [-0.05, 0) is 50.8 Å². The predicted octanol–water partition coefficient (Wildman–Crippen LogP) is 2.82. The van der Waals surface area contributed by atoms with Gasteiger partial charge in [0.05, 0.1) is 0 Å². The summed E-state index contributed by atoms with van der Waals surface area (Å²) in [6.07, 6.45) is 3.63. The van der Waals surface area contributed by atoms with Crippen molar-refractivity contribution in [3.05, 3.63) is 30.1 Å². The van der Waals surface area contributed by atoms with E-state index in [0.29, 0.717) is 19.0 Å². The molecule has 0 aliphatic carbocycles. The molecular weight excluding hydrogens is 320 g/mol. The molecule has 0 aliphatic heterocycles. The number of rotatable bonds is 7. The monoisotopic (exact) mass is 350 g/mol. The molecule has 1 heterocycles. The number of hydrogen-bond donors (Lipinski definition) is 3. The van der Waals surface area contributed by atoms with Crippen LogP contribution in [-0.2, 0) is 11.3 Å². The SMILES string of the molecule is CC(C)C[C@@H](CNC(=O)OC(C)(C)C)NC(=O)NCc1ccncc1. The van der Waals surface area contributed by atoms with Crippen LogP contribution in [0.1, 0.15) is 46.6 Å². The third-order valence-electron chi connectivity index (χ3n) is 3.19. The molecule has 0 bridgehead atoms. The first kappa shape index (κ1) is 20.7. The largest absolute Gasteiger partial charge is 0.444 e. The van der Waals surface area contributed by atoms with Crippen LogP contribution in [0.5, 0.6) is 0 Å². The van der Waals surface area contributed by atoms with Crippen LogP contribution in [0.15, 0.2) is 24.5 Å². The average molecular weight is 350 g/mol. The first-order valence-corrected chi connectivity index (χ1v) is 8.56. The van der Waals surface area contributed by atoms with E-state index < -0.39 is 11.7 Å². The second-order valence-electron chi connectivity index (χ2n) is 7.39. The van der Waals surface area contributed by atoms with Gasteiger partial charge in [-0.2, -0.15) is 0 Å². The van der Waals surface area contributed by atoms with Gasteiger partial charge in [-0.1, -0.05) is 13.8 Å². The lowest BCUT2D eigenvalue weighted by Gasteiger charge is -2.23. The van der Waals surface area contributed by atoms with Crippen LogP contribution in [0.2, 0.25) is 0 Å². The topological polar surface area (TPSA) is 92.4 Å². The van der Waals surface area contributed by atoms with Gasteiger partial charge in [-0.3, -0.25) is 4.98 Å². The zero-order valence-electron chi connectivity index (χ0n) is 15.8. The number of amides is 3. The molecular formula is C18H30N4O3. The maximum atomic E-state index is 12.1. The molecule has 0 saturated heterocycles. The van der Waals surface area contributed by atoms with Gasteiger partial charge in [0.2, 0.25) is 0 Å². The van der Waals surface area contributed by atoms with Gasteiger partial charge in [0.1, 0.15) is 5.60 Å². The highest BCUT2D eigenvalue weighted by Crippen LogP contribution is 2.07. The molecule has 0 aliphatic rings. The van der Waals surface area contributed by atoms with E-state index in [1.807, 2.05) is 32.9 Å². The summed E-state index contributed by atoms with van der Waals surface area (Å²) < 4.78 is 5.22. The predicted molar refractivity (Wildman–Crippen MR) is 97.1 cm³/mol. The van der Waals surface area contributed by atoms with Gasteiger partial charge in [-0.25, -0.2) is 9.59 Å². The van der Waals surface area contributed by atoms with E-state index in [0.717, 1.165) is 12.0 Å². The molecule has 1 aromatic rings. The molecule has 3 amide bonds. The Balaban J connectivity index is 2.45. The fraction of sp³-hybridized carbons (Fsp3) is 0.611. The summed E-state index contributed by atoms with van der Waals surface area (Å²) in [5, 5.41) is 8.42. The van der Waals surface area contributed by atoms with Crippen LogP contribution in [-0.4, -0.2) is 35.3 Å². The summed E-state index contributed by atoms with van der Waals surface area (Å²) in [5.41, 5.74) is 0.421. The van der Waals surface area contributed by atoms with Crippen molar-refractivity contribution in [3.8, 4) is 0 Å². The Morgan fingerprint density at radius 3 is 2.36 bits per heavy atom. The molecule has 3 N–H and O–H groups in total. The van der Waals surface area contributed by atoms with Crippen LogP contribution >= 0.6 is 0 Å². The number of urea groups is 1. The van der Waals surface area contributed by atoms with Gasteiger partial charge < -0.3 is 20.7 Å². The third kappa shape index (κ3) is 10.2. The van der Waals surface area contributed by atoms with E-state index in [1.165, 1.54) is 0 Å². The van der Waals surface area contributed by atoms with Crippen molar-refractivity contribution >= 4 is 12.1 Å². The number of nitrogens with one attached hydrogen (secondary N) is 3. The summed E-state index contributed by atoms with van der Waals surface area (Å²) in [5.74, 6) is 0.380. The number of carbonyl (C=O) groups excluding carboxylic acids is 2. The van der Waals surface area contributed by atoms with Crippen LogP contribution < -0.4 is 16.0 Å². The van der Waals surface area contributed by atoms with E-state index >= 15 is 0 Å². The second-order valence-corrected chi connectivity index (χ2v) is 7.39. The molecule has 25 heavy (non-hydrogen) atoms. The summed E-state index contributed by atoms with van der Waals surface area (Å²) in [4.78, 5) is 27.8. The van der Waals surface area contributed by atoms with Crippen molar-refractivity contribution in [2.24, 2.45) is 5.92 Å². The van der Waals surface area contributed by atoms with E-state index in [9.17, 15) is 9.59 Å². The molecule has 1 rings (SSSR count). The maximum Gasteiger partial charge on any atom is 0.407 e. The Kier molecular flexibility index (Phi) is 8.18. The lowest BCUT2D eigenvalue weighted by atomic mass is 10.0. The number of alkyl carbamates (subject to hydrolysis) is 1. The Morgan fingerprint density at radius 2 is 1.80 bits per heavy atom. The lowest BCUT2D eigenvalue weighted by Crippen LogP contribution is -2.48. The smallest absolute Gasteiger partial charge is 0.407 e. The zero-order valence-corrected chi connectivity index (χ0v) is 15.8. The van der Waals surface area contributed by atoms with Crippen molar-refractivity contribution in [1.82, 2.24) is 20.9 Å². The summed E-state index contributed by atoms with van der Waals surface area (Å²) >= 11 is 0. The Hall–Kier alpha value is -2.31. The highest BCUT2D eigenvalue weighted by molar-refractivity contribution is 5.74. The minimum atomic E-state index is -0.549. The molecule has 0 fully saturated rings. The number of nitrogens with zero attached hydrogens (tertiary/aromatic N) is 1. The molecule has 0 spiro atoms. The molecule has 7 heteroatoms. The van der Waals surface area contributed by atoms with Crippen LogP contribution in [0.25, 0.3) is 0 Å². The first-order chi connectivity index (χ1) is 11.7. The second kappa shape index (κ2) is 9.86. The Morgan fingerprint density at radius 1 is 1.16 bits per heavy atom. The number of pyridine rings is 1. The van der Waals surface area contributed by atoms with E-state index in [1.54, 1.807) is 12.4 Å². The Labute approximate surface area is 149 Å². The highest BCUT2D eigenvalue weighted by atomic mass is 16.6. The van der Waals surface area contributed by atoms with E-state index in [-0.39, 0.29) is 12.1 Å². The quantitative estimate of drug-likeness (QED) is 0.705. The number of aromatic nitrogens is 1. The molecule has 140 valence electrons. The average Bonchev–Trinajstić information content (AvgIpc) is 2.49. The van der Waals surface area contributed by atoms with Gasteiger partial charge in [-0.15, -0.1) is 0 Å². The first-order valence-electron chi connectivity index (χ1n) is 8.56.